The third-order valence-electron chi connectivity index (χ3n) is 4.58. The Labute approximate surface area is 141 Å². The Balaban J connectivity index is 1.74. The highest BCUT2D eigenvalue weighted by Gasteiger charge is 2.25. The zero-order valence-electron chi connectivity index (χ0n) is 13.7. The lowest BCUT2D eigenvalue weighted by atomic mass is 10.2. The summed E-state index contributed by atoms with van der Waals surface area (Å²) in [6, 6.07) is 16.3. The lowest BCUT2D eigenvalue weighted by molar-refractivity contribution is 0.198. The van der Waals surface area contributed by atoms with Crippen LogP contribution in [0.15, 0.2) is 48.5 Å². The van der Waals surface area contributed by atoms with E-state index in [0.29, 0.717) is 6.54 Å². The summed E-state index contributed by atoms with van der Waals surface area (Å²) in [7, 11) is 1.68. The second-order valence-corrected chi connectivity index (χ2v) is 6.22. The van der Waals surface area contributed by atoms with Gasteiger partial charge in [0.05, 0.1) is 30.8 Å². The van der Waals surface area contributed by atoms with E-state index in [0.717, 1.165) is 42.2 Å². The van der Waals surface area contributed by atoms with Crippen LogP contribution in [0.2, 0.25) is 0 Å². The van der Waals surface area contributed by atoms with Gasteiger partial charge in [0.2, 0.25) is 5.95 Å². The first-order valence-corrected chi connectivity index (χ1v) is 8.26. The Kier molecular flexibility index (Phi) is 3.86. The van der Waals surface area contributed by atoms with Gasteiger partial charge in [-0.05, 0) is 36.2 Å². The normalized spacial score (nSPS) is 17.6. The molecule has 1 saturated heterocycles. The molecule has 5 nitrogen and oxygen atoms in total. The predicted octanol–water partition coefficient (Wildman–Crippen LogP) is 2.66. The topological polar surface area (TPSA) is 50.5 Å². The number of fused-ring (bicyclic) bond motifs is 1. The van der Waals surface area contributed by atoms with Gasteiger partial charge in [0.1, 0.15) is 5.75 Å². The number of aromatic nitrogens is 2. The van der Waals surface area contributed by atoms with Gasteiger partial charge in [0, 0.05) is 13.1 Å². The average molecular weight is 323 g/mol. The summed E-state index contributed by atoms with van der Waals surface area (Å²) in [5.74, 6) is 1.79. The van der Waals surface area contributed by atoms with Crippen molar-refractivity contribution in [3.8, 4) is 5.75 Å². The third-order valence-corrected chi connectivity index (χ3v) is 4.58. The van der Waals surface area contributed by atoms with E-state index < -0.39 is 0 Å². The van der Waals surface area contributed by atoms with Gasteiger partial charge in [0.25, 0.3) is 0 Å². The van der Waals surface area contributed by atoms with Crippen LogP contribution in [-0.2, 0) is 6.54 Å². The fourth-order valence-electron chi connectivity index (χ4n) is 3.30. The minimum Gasteiger partial charge on any atom is -0.497 e. The Morgan fingerprint density at radius 2 is 1.96 bits per heavy atom. The number of para-hydroxylation sites is 2. The van der Waals surface area contributed by atoms with Crippen molar-refractivity contribution in [3.63, 3.8) is 0 Å². The van der Waals surface area contributed by atoms with E-state index in [1.165, 1.54) is 5.56 Å². The van der Waals surface area contributed by atoms with Crippen molar-refractivity contribution in [2.75, 3.05) is 25.1 Å². The number of β-amino-alcohol motifs (C(OH)–C–C–N with tert-alkyl or cyclic N) is 1. The number of hydrogen-bond acceptors (Lipinski definition) is 4. The van der Waals surface area contributed by atoms with Gasteiger partial charge in [-0.1, -0.05) is 24.3 Å². The van der Waals surface area contributed by atoms with Crippen molar-refractivity contribution in [2.45, 2.75) is 19.1 Å². The second-order valence-electron chi connectivity index (χ2n) is 6.22. The molecule has 24 heavy (non-hydrogen) atoms. The van der Waals surface area contributed by atoms with Crippen LogP contribution < -0.4 is 9.64 Å². The molecule has 4 rings (SSSR count). The standard InChI is InChI=1S/C19H21N3O2/c1-24-16-8-6-14(7-9-16)12-22-18-5-3-2-4-17(18)20-19(22)21-11-10-15(23)13-21/h2-9,15,23H,10-13H2,1H3/t15-/m1/s1. The van der Waals surface area contributed by atoms with Crippen molar-refractivity contribution < 1.29 is 9.84 Å². The van der Waals surface area contributed by atoms with Crippen LogP contribution >= 0.6 is 0 Å². The Bertz CT molecular complexity index is 841. The fourth-order valence-corrected chi connectivity index (χ4v) is 3.30. The summed E-state index contributed by atoms with van der Waals surface area (Å²) in [5.41, 5.74) is 3.30. The van der Waals surface area contributed by atoms with Crippen LogP contribution in [0.4, 0.5) is 5.95 Å². The van der Waals surface area contributed by atoms with Crippen molar-refractivity contribution in [3.05, 3.63) is 54.1 Å². The number of nitrogens with zero attached hydrogens (tertiary/aromatic N) is 3. The summed E-state index contributed by atoms with van der Waals surface area (Å²) in [6.07, 6.45) is 0.533. The maximum atomic E-state index is 9.88. The first-order chi connectivity index (χ1) is 11.7. The van der Waals surface area contributed by atoms with E-state index in [1.54, 1.807) is 7.11 Å². The van der Waals surface area contributed by atoms with Gasteiger partial charge in [0.15, 0.2) is 0 Å². The van der Waals surface area contributed by atoms with Gasteiger partial charge in [-0.2, -0.15) is 0 Å². The molecule has 1 atom stereocenters. The molecule has 0 saturated carbocycles. The van der Waals surface area contributed by atoms with E-state index >= 15 is 0 Å². The number of rotatable bonds is 4. The molecule has 2 heterocycles. The molecule has 124 valence electrons. The Morgan fingerprint density at radius 1 is 1.17 bits per heavy atom. The molecular weight excluding hydrogens is 302 g/mol. The largest absolute Gasteiger partial charge is 0.497 e. The first-order valence-electron chi connectivity index (χ1n) is 8.26. The number of aliphatic hydroxyl groups excluding tert-OH is 1. The number of aliphatic hydroxyl groups is 1. The molecule has 2 aromatic carbocycles. The maximum absolute atomic E-state index is 9.88. The van der Waals surface area contributed by atoms with Crippen LogP contribution in [0.1, 0.15) is 12.0 Å². The number of anilines is 1. The van der Waals surface area contributed by atoms with Crippen LogP contribution in [-0.4, -0.2) is 41.0 Å². The lowest BCUT2D eigenvalue weighted by Crippen LogP contribution is -2.25. The lowest BCUT2D eigenvalue weighted by Gasteiger charge is -2.19. The van der Waals surface area contributed by atoms with Gasteiger partial charge in [-0.25, -0.2) is 4.98 Å². The van der Waals surface area contributed by atoms with Crippen LogP contribution in [0.25, 0.3) is 11.0 Å². The molecule has 0 spiro atoms. The molecule has 1 fully saturated rings. The van der Waals surface area contributed by atoms with Crippen LogP contribution in [0.3, 0.4) is 0 Å². The third kappa shape index (κ3) is 2.71. The molecule has 0 radical (unpaired) electrons. The van der Waals surface area contributed by atoms with Crippen molar-refractivity contribution in [1.29, 1.82) is 0 Å². The summed E-state index contributed by atoms with van der Waals surface area (Å²) >= 11 is 0. The monoisotopic (exact) mass is 323 g/mol. The zero-order chi connectivity index (χ0) is 16.5. The molecule has 1 N–H and O–H groups in total. The zero-order valence-corrected chi connectivity index (χ0v) is 13.7. The van der Waals surface area contributed by atoms with E-state index in [9.17, 15) is 5.11 Å². The minimum atomic E-state index is -0.265. The molecule has 0 unspecified atom stereocenters. The quantitative estimate of drug-likeness (QED) is 0.802. The number of methoxy groups -OCH3 is 1. The molecule has 5 heteroatoms. The Morgan fingerprint density at radius 3 is 2.67 bits per heavy atom. The Hall–Kier alpha value is -2.53. The number of benzene rings is 2. The van der Waals surface area contributed by atoms with E-state index in [1.807, 2.05) is 30.3 Å². The molecule has 1 aliphatic heterocycles. The van der Waals surface area contributed by atoms with Crippen molar-refractivity contribution in [1.82, 2.24) is 9.55 Å². The van der Waals surface area contributed by atoms with Gasteiger partial charge in [-0.3, -0.25) is 0 Å². The molecular formula is C19H21N3O2. The highest BCUT2D eigenvalue weighted by atomic mass is 16.5. The SMILES string of the molecule is COc1ccc(Cn2c(N3CC[C@@H](O)C3)nc3ccccc32)cc1. The average Bonchev–Trinajstić information content (AvgIpc) is 3.20. The van der Waals surface area contributed by atoms with Crippen molar-refractivity contribution in [2.24, 2.45) is 0 Å². The highest BCUT2D eigenvalue weighted by Crippen LogP contribution is 2.27. The highest BCUT2D eigenvalue weighted by molar-refractivity contribution is 5.79. The summed E-state index contributed by atoms with van der Waals surface area (Å²) in [5, 5.41) is 9.88. The molecule has 0 bridgehead atoms. The number of ether oxygens (including phenoxy) is 1. The minimum absolute atomic E-state index is 0.265. The number of hydrogen-bond donors (Lipinski definition) is 1. The van der Waals surface area contributed by atoms with E-state index in [-0.39, 0.29) is 6.10 Å². The van der Waals surface area contributed by atoms with Gasteiger partial charge >= 0.3 is 0 Å². The predicted molar refractivity (Wildman–Crippen MR) is 94.7 cm³/mol. The fraction of sp³-hybridized carbons (Fsp3) is 0.316. The molecule has 0 aliphatic carbocycles. The molecule has 1 aliphatic rings. The first kappa shape index (κ1) is 15.0. The summed E-state index contributed by atoms with van der Waals surface area (Å²) in [6.45, 7) is 2.23. The van der Waals surface area contributed by atoms with Crippen LogP contribution in [0.5, 0.6) is 5.75 Å². The van der Waals surface area contributed by atoms with E-state index in [4.69, 9.17) is 9.72 Å². The molecule has 1 aromatic heterocycles. The smallest absolute Gasteiger partial charge is 0.206 e. The van der Waals surface area contributed by atoms with Gasteiger partial charge in [-0.15, -0.1) is 0 Å². The summed E-state index contributed by atoms with van der Waals surface area (Å²) in [4.78, 5) is 6.99. The van der Waals surface area contributed by atoms with Crippen molar-refractivity contribution >= 4 is 17.0 Å². The maximum Gasteiger partial charge on any atom is 0.206 e. The van der Waals surface area contributed by atoms with Gasteiger partial charge < -0.3 is 19.3 Å². The van der Waals surface area contributed by atoms with E-state index in [2.05, 4.69) is 27.7 Å². The summed E-state index contributed by atoms with van der Waals surface area (Å²) < 4.78 is 7.47. The molecule has 3 aromatic rings. The molecule has 0 amide bonds. The second kappa shape index (κ2) is 6.17. The number of imidazole rings is 1. The van der Waals surface area contributed by atoms with Crippen LogP contribution in [0, 0.1) is 0 Å².